The Balaban J connectivity index is 2.38. The Labute approximate surface area is 124 Å². The molecule has 0 saturated carbocycles. The molecule has 0 atom stereocenters. The lowest BCUT2D eigenvalue weighted by atomic mass is 10.1. The van der Waals surface area contributed by atoms with E-state index >= 15 is 0 Å². The van der Waals surface area contributed by atoms with Gasteiger partial charge in [0.1, 0.15) is 5.82 Å². The highest BCUT2D eigenvalue weighted by Gasteiger charge is 2.08. The molecule has 0 spiro atoms. The summed E-state index contributed by atoms with van der Waals surface area (Å²) in [7, 11) is 3.98. The van der Waals surface area contributed by atoms with Gasteiger partial charge in [-0.2, -0.15) is 0 Å². The number of oxime groups is 1. The molecule has 0 unspecified atom stereocenters. The molecule has 118 valence electrons. The zero-order valence-corrected chi connectivity index (χ0v) is 12.5. The van der Waals surface area contributed by atoms with Gasteiger partial charge >= 0.3 is 0 Å². The van der Waals surface area contributed by atoms with Crippen LogP contribution in [0.3, 0.4) is 0 Å². The van der Waals surface area contributed by atoms with E-state index in [1.165, 1.54) is 12.1 Å². The number of likely N-dealkylation sites (N-methyl/N-ethyl adjacent to an activating group) is 1. The Morgan fingerprint density at radius 1 is 1.43 bits per heavy atom. The summed E-state index contributed by atoms with van der Waals surface area (Å²) in [5.41, 5.74) is 6.69. The quantitative estimate of drug-likeness (QED) is 0.204. The van der Waals surface area contributed by atoms with Crippen molar-refractivity contribution in [1.82, 2.24) is 10.2 Å². The van der Waals surface area contributed by atoms with Crippen LogP contribution in [0.5, 0.6) is 0 Å². The molecule has 0 bridgehead atoms. The minimum Gasteiger partial charge on any atom is -0.409 e. The number of benzene rings is 1. The lowest BCUT2D eigenvalue weighted by molar-refractivity contribution is 0.119. The van der Waals surface area contributed by atoms with Crippen molar-refractivity contribution in [2.75, 3.05) is 40.4 Å². The van der Waals surface area contributed by atoms with Crippen molar-refractivity contribution in [2.24, 2.45) is 10.9 Å². The number of hydrogen-bond acceptors (Lipinski definition) is 5. The third kappa shape index (κ3) is 6.52. The average molecular weight is 298 g/mol. The highest BCUT2D eigenvalue weighted by Crippen LogP contribution is 2.11. The molecule has 0 aliphatic rings. The lowest BCUT2D eigenvalue weighted by Crippen LogP contribution is -2.24. The first kappa shape index (κ1) is 17.4. The van der Waals surface area contributed by atoms with Crippen LogP contribution < -0.4 is 11.1 Å². The lowest BCUT2D eigenvalue weighted by Gasteiger charge is -2.11. The second-order valence-corrected chi connectivity index (χ2v) is 4.88. The monoisotopic (exact) mass is 298 g/mol. The smallest absolute Gasteiger partial charge is 0.170 e. The van der Waals surface area contributed by atoms with Crippen LogP contribution >= 0.6 is 0 Å². The van der Waals surface area contributed by atoms with Crippen molar-refractivity contribution < 1.29 is 14.3 Å². The van der Waals surface area contributed by atoms with E-state index in [1.807, 2.05) is 14.1 Å². The molecule has 0 radical (unpaired) electrons. The maximum atomic E-state index is 13.2. The number of hydrogen-bond donors (Lipinski definition) is 3. The van der Waals surface area contributed by atoms with Crippen molar-refractivity contribution in [2.45, 2.75) is 6.54 Å². The van der Waals surface area contributed by atoms with Crippen molar-refractivity contribution in [3.8, 4) is 0 Å². The zero-order valence-electron chi connectivity index (χ0n) is 12.5. The predicted molar refractivity (Wildman–Crippen MR) is 80.0 cm³/mol. The van der Waals surface area contributed by atoms with Gasteiger partial charge < -0.3 is 25.9 Å². The number of rotatable bonds is 9. The summed E-state index contributed by atoms with van der Waals surface area (Å²) in [6, 6.07) is 4.21. The molecule has 1 aromatic rings. The van der Waals surface area contributed by atoms with E-state index in [1.54, 1.807) is 6.07 Å². The molecule has 0 aliphatic carbocycles. The summed E-state index contributed by atoms with van der Waals surface area (Å²) in [4.78, 5) is 2.05. The van der Waals surface area contributed by atoms with Crippen molar-refractivity contribution in [3.63, 3.8) is 0 Å². The van der Waals surface area contributed by atoms with Gasteiger partial charge in [0.2, 0.25) is 0 Å². The average Bonchev–Trinajstić information content (AvgIpc) is 2.46. The topological polar surface area (TPSA) is 83.1 Å². The van der Waals surface area contributed by atoms with Crippen LogP contribution in [0.15, 0.2) is 23.4 Å². The minimum atomic E-state index is -0.424. The van der Waals surface area contributed by atoms with E-state index < -0.39 is 5.82 Å². The highest BCUT2D eigenvalue weighted by atomic mass is 19.1. The second kappa shape index (κ2) is 9.28. The number of ether oxygens (including phenoxy) is 1. The van der Waals surface area contributed by atoms with Crippen LogP contribution in [0, 0.1) is 5.82 Å². The third-order valence-electron chi connectivity index (χ3n) is 2.88. The van der Waals surface area contributed by atoms with Gasteiger partial charge in [0.05, 0.1) is 13.2 Å². The Bertz CT molecular complexity index is 466. The van der Waals surface area contributed by atoms with E-state index in [9.17, 15) is 4.39 Å². The molecule has 0 fully saturated rings. The molecule has 7 heteroatoms. The van der Waals surface area contributed by atoms with Gasteiger partial charge in [-0.05, 0) is 31.8 Å². The number of nitrogens with one attached hydrogen (secondary N) is 1. The molecule has 0 aliphatic heterocycles. The van der Waals surface area contributed by atoms with Crippen molar-refractivity contribution in [3.05, 3.63) is 35.1 Å². The second-order valence-electron chi connectivity index (χ2n) is 4.88. The molecule has 0 amide bonds. The van der Waals surface area contributed by atoms with E-state index in [0.717, 1.165) is 12.1 Å². The summed E-state index contributed by atoms with van der Waals surface area (Å²) in [5, 5.41) is 14.8. The van der Waals surface area contributed by atoms with Gasteiger partial charge in [0.15, 0.2) is 5.84 Å². The molecule has 4 N–H and O–H groups in total. The summed E-state index contributed by atoms with van der Waals surface area (Å²) in [6.07, 6.45) is 0. The molecule has 21 heavy (non-hydrogen) atoms. The van der Waals surface area contributed by atoms with Crippen molar-refractivity contribution >= 4 is 5.84 Å². The third-order valence-corrected chi connectivity index (χ3v) is 2.88. The van der Waals surface area contributed by atoms with E-state index in [2.05, 4.69) is 15.4 Å². The van der Waals surface area contributed by atoms with E-state index in [-0.39, 0.29) is 5.84 Å². The maximum Gasteiger partial charge on any atom is 0.170 e. The first-order chi connectivity index (χ1) is 10.0. The molecule has 0 heterocycles. The zero-order chi connectivity index (χ0) is 15.7. The number of halogens is 1. The fourth-order valence-corrected chi connectivity index (χ4v) is 1.71. The minimum absolute atomic E-state index is 0.103. The fraction of sp³-hybridized carbons (Fsp3) is 0.500. The first-order valence-electron chi connectivity index (χ1n) is 6.74. The molecular formula is C14H23FN4O2. The molecule has 1 rings (SSSR count). The molecule has 6 nitrogen and oxygen atoms in total. The largest absolute Gasteiger partial charge is 0.409 e. The summed E-state index contributed by atoms with van der Waals surface area (Å²) in [5.74, 6) is -0.527. The molecule has 1 aromatic carbocycles. The summed E-state index contributed by atoms with van der Waals surface area (Å²) < 4.78 is 18.6. The van der Waals surface area contributed by atoms with E-state index in [4.69, 9.17) is 15.7 Å². The summed E-state index contributed by atoms with van der Waals surface area (Å²) in [6.45, 7) is 3.31. The highest BCUT2D eigenvalue weighted by molar-refractivity contribution is 5.98. The van der Waals surface area contributed by atoms with Gasteiger partial charge in [-0.1, -0.05) is 11.2 Å². The van der Waals surface area contributed by atoms with Crippen LogP contribution in [0.25, 0.3) is 0 Å². The molecule has 0 saturated heterocycles. The van der Waals surface area contributed by atoms with Gasteiger partial charge in [0.25, 0.3) is 0 Å². The fourth-order valence-electron chi connectivity index (χ4n) is 1.71. The van der Waals surface area contributed by atoms with Crippen molar-refractivity contribution in [1.29, 1.82) is 0 Å². The van der Waals surface area contributed by atoms with Crippen LogP contribution in [0.1, 0.15) is 11.1 Å². The van der Waals surface area contributed by atoms with Gasteiger partial charge in [-0.15, -0.1) is 0 Å². The first-order valence-corrected chi connectivity index (χ1v) is 6.74. The Kier molecular flexibility index (Phi) is 7.66. The van der Waals surface area contributed by atoms with Crippen LogP contribution in [0.4, 0.5) is 4.39 Å². The van der Waals surface area contributed by atoms with Gasteiger partial charge in [0, 0.05) is 25.2 Å². The van der Waals surface area contributed by atoms with Gasteiger partial charge in [-0.25, -0.2) is 4.39 Å². The number of nitrogens with two attached hydrogens (primary N) is 1. The Morgan fingerprint density at radius 3 is 2.86 bits per heavy atom. The standard InChI is InChI=1S/C14H23FN4O2/c1-19(2)6-8-21-7-5-17-10-11-3-4-12(15)9-13(11)14(16)18-20/h3-4,9,17,20H,5-8,10H2,1-2H3,(H2,16,18). The number of amidine groups is 1. The molecule has 0 aromatic heterocycles. The Hall–Kier alpha value is -1.70. The van der Waals surface area contributed by atoms with Crippen LogP contribution in [-0.2, 0) is 11.3 Å². The summed E-state index contributed by atoms with van der Waals surface area (Å²) >= 11 is 0. The Morgan fingerprint density at radius 2 is 2.19 bits per heavy atom. The van der Waals surface area contributed by atoms with Crippen LogP contribution in [0.2, 0.25) is 0 Å². The van der Waals surface area contributed by atoms with Crippen LogP contribution in [-0.4, -0.2) is 56.3 Å². The normalized spacial score (nSPS) is 12.1. The maximum absolute atomic E-state index is 13.2. The predicted octanol–water partition coefficient (Wildman–Crippen LogP) is 0.588. The molecular weight excluding hydrogens is 275 g/mol. The van der Waals surface area contributed by atoms with Gasteiger partial charge in [-0.3, -0.25) is 0 Å². The SMILES string of the molecule is CN(C)CCOCCNCc1ccc(F)cc1/C(N)=N/O. The van der Waals surface area contributed by atoms with E-state index in [0.29, 0.717) is 31.9 Å². The number of nitrogens with zero attached hydrogens (tertiary/aromatic N) is 2.